The van der Waals surface area contributed by atoms with E-state index < -0.39 is 16.2 Å². The molecule has 41 heavy (non-hydrogen) atoms. The van der Waals surface area contributed by atoms with Gasteiger partial charge in [0.25, 0.3) is 10.1 Å². The number of methoxy groups -OCH3 is 2. The second-order valence-corrected chi connectivity index (χ2v) is 13.9. The highest BCUT2D eigenvalue weighted by molar-refractivity contribution is 7.85. The monoisotopic (exact) mass is 586 g/mol. The highest BCUT2D eigenvalue weighted by atomic mass is 32.2. The predicted molar refractivity (Wildman–Crippen MR) is 155 cm³/mol. The third-order valence-corrected chi connectivity index (χ3v) is 9.79. The normalized spacial score (nSPS) is 28.1. The van der Waals surface area contributed by atoms with Gasteiger partial charge in [-0.1, -0.05) is 45.4 Å². The van der Waals surface area contributed by atoms with Crippen molar-refractivity contribution >= 4 is 16.1 Å². The van der Waals surface area contributed by atoms with Gasteiger partial charge in [-0.25, -0.2) is 0 Å². The van der Waals surface area contributed by atoms with Crippen LogP contribution < -0.4 is 14.8 Å². The Morgan fingerprint density at radius 3 is 2.27 bits per heavy atom. The standard InChI is InChI=1S/C31H42N2O7S/c1-16(2)10-19-14-33-15-23(21-11-18(5)8-9-26(21)41(35,36)37)20-12-24(38-6)25(39-7)13-22(20)29(33)28-30(19)40-31(34)27(32-28)17(3)4/h8-9,11-13,16-17,19,23,27-30,32H,10,14-15H2,1-7H3,(H,35,36,37)/t19-,23?,27+,28?,29+,30+/m1/s1. The van der Waals surface area contributed by atoms with Crippen molar-refractivity contribution in [2.45, 2.75) is 76.1 Å². The molecule has 224 valence electrons. The average molecular weight is 587 g/mol. The van der Waals surface area contributed by atoms with Crippen molar-refractivity contribution in [1.29, 1.82) is 0 Å². The van der Waals surface area contributed by atoms with E-state index in [2.05, 4.69) is 24.1 Å². The molecule has 0 aliphatic carbocycles. The molecule has 3 aliphatic rings. The predicted octanol–water partition coefficient (Wildman–Crippen LogP) is 4.33. The number of nitrogens with zero attached hydrogens (tertiary/aromatic N) is 1. The molecular weight excluding hydrogens is 544 g/mol. The summed E-state index contributed by atoms with van der Waals surface area (Å²) >= 11 is 0. The molecule has 3 aliphatic heterocycles. The Labute approximate surface area is 243 Å². The number of aryl methyl sites for hydroxylation is 1. The first-order chi connectivity index (χ1) is 19.3. The van der Waals surface area contributed by atoms with Gasteiger partial charge in [-0.05, 0) is 60.1 Å². The van der Waals surface area contributed by atoms with E-state index in [1.807, 2.05) is 39.0 Å². The topological polar surface area (TPSA) is 114 Å². The molecule has 6 atom stereocenters. The van der Waals surface area contributed by atoms with Gasteiger partial charge in [0.15, 0.2) is 11.5 Å². The first-order valence-electron chi connectivity index (χ1n) is 14.4. The van der Waals surface area contributed by atoms with Gasteiger partial charge in [0.05, 0.1) is 31.2 Å². The Kier molecular flexibility index (Phi) is 8.15. The van der Waals surface area contributed by atoms with Crippen molar-refractivity contribution < 1.29 is 32.0 Å². The number of carbonyl (C=O) groups is 1. The van der Waals surface area contributed by atoms with Crippen LogP contribution in [0.25, 0.3) is 0 Å². The maximum Gasteiger partial charge on any atom is 0.323 e. The van der Waals surface area contributed by atoms with Gasteiger partial charge in [0.1, 0.15) is 12.1 Å². The molecule has 0 radical (unpaired) electrons. The van der Waals surface area contributed by atoms with E-state index in [1.165, 1.54) is 6.07 Å². The fourth-order valence-corrected chi connectivity index (χ4v) is 7.90. The fraction of sp³-hybridized carbons (Fsp3) is 0.581. The van der Waals surface area contributed by atoms with E-state index in [1.54, 1.807) is 20.3 Å². The molecule has 2 fully saturated rings. The van der Waals surface area contributed by atoms with Gasteiger partial charge in [-0.15, -0.1) is 0 Å². The van der Waals surface area contributed by atoms with Crippen LogP contribution in [0, 0.1) is 24.7 Å². The minimum Gasteiger partial charge on any atom is -0.493 e. The minimum absolute atomic E-state index is 0.0493. The lowest BCUT2D eigenvalue weighted by molar-refractivity contribution is -0.177. The summed E-state index contributed by atoms with van der Waals surface area (Å²) in [4.78, 5) is 15.4. The van der Waals surface area contributed by atoms with Gasteiger partial charge in [-0.3, -0.25) is 19.6 Å². The largest absolute Gasteiger partial charge is 0.493 e. The summed E-state index contributed by atoms with van der Waals surface area (Å²) in [6.07, 6.45) is 0.585. The van der Waals surface area contributed by atoms with Gasteiger partial charge in [0, 0.05) is 24.9 Å². The molecule has 3 heterocycles. The lowest BCUT2D eigenvalue weighted by Crippen LogP contribution is -2.69. The number of morpholine rings is 1. The summed E-state index contributed by atoms with van der Waals surface area (Å²) in [6.45, 7) is 11.5. The highest BCUT2D eigenvalue weighted by Gasteiger charge is 2.54. The lowest BCUT2D eigenvalue weighted by Gasteiger charge is -2.56. The SMILES string of the molecule is COc1cc2c(cc1OC)[C@H]1C3N[C@@H](C(C)C)C(=O)O[C@H]3[C@H](CC(C)C)CN1CC2c1cc(C)ccc1S(=O)(=O)O. The third kappa shape index (κ3) is 5.47. The third-order valence-electron chi connectivity index (χ3n) is 8.86. The maximum absolute atomic E-state index is 13.1. The van der Waals surface area contributed by atoms with E-state index >= 15 is 0 Å². The number of hydrogen-bond donors (Lipinski definition) is 2. The number of fused-ring (bicyclic) bond motifs is 5. The van der Waals surface area contributed by atoms with Crippen LogP contribution >= 0.6 is 0 Å². The molecule has 0 amide bonds. The minimum atomic E-state index is -4.47. The van der Waals surface area contributed by atoms with E-state index in [-0.39, 0.29) is 46.8 Å². The molecule has 5 rings (SSSR count). The summed E-state index contributed by atoms with van der Waals surface area (Å²) < 4.78 is 53.0. The Balaban J connectivity index is 1.72. The number of nitrogens with one attached hydrogen (secondary N) is 1. The van der Waals surface area contributed by atoms with Gasteiger partial charge in [-0.2, -0.15) is 8.42 Å². The van der Waals surface area contributed by atoms with Gasteiger partial charge < -0.3 is 14.2 Å². The van der Waals surface area contributed by atoms with Crippen molar-refractivity contribution in [3.8, 4) is 11.5 Å². The van der Waals surface area contributed by atoms with Crippen LogP contribution in [0.1, 0.15) is 68.3 Å². The molecule has 2 aromatic rings. The number of carbonyl (C=O) groups excluding carboxylic acids is 1. The van der Waals surface area contributed by atoms with Crippen LogP contribution in [-0.4, -0.2) is 69.3 Å². The van der Waals surface area contributed by atoms with Crippen molar-refractivity contribution in [3.05, 3.63) is 52.6 Å². The van der Waals surface area contributed by atoms with Crippen molar-refractivity contribution in [3.63, 3.8) is 0 Å². The molecular formula is C31H42N2O7S. The molecule has 2 unspecified atom stereocenters. The number of piperidine rings is 1. The molecule has 0 saturated carbocycles. The summed E-state index contributed by atoms with van der Waals surface area (Å²) in [5.74, 6) is 1.09. The number of esters is 1. The van der Waals surface area contributed by atoms with Crippen LogP contribution in [0.5, 0.6) is 11.5 Å². The summed E-state index contributed by atoms with van der Waals surface area (Å²) in [5, 5.41) is 3.69. The zero-order chi connectivity index (χ0) is 29.8. The molecule has 0 bridgehead atoms. The molecule has 2 aromatic carbocycles. The van der Waals surface area contributed by atoms with E-state index in [0.29, 0.717) is 36.1 Å². The number of rotatable bonds is 7. The molecule has 10 heteroatoms. The van der Waals surface area contributed by atoms with E-state index in [4.69, 9.17) is 14.2 Å². The van der Waals surface area contributed by atoms with Crippen molar-refractivity contribution in [1.82, 2.24) is 10.2 Å². The average Bonchev–Trinajstić information content (AvgIpc) is 2.90. The van der Waals surface area contributed by atoms with Crippen LogP contribution in [0.2, 0.25) is 0 Å². The number of benzene rings is 2. The first-order valence-corrected chi connectivity index (χ1v) is 15.8. The van der Waals surface area contributed by atoms with Crippen molar-refractivity contribution in [2.24, 2.45) is 17.8 Å². The maximum atomic E-state index is 13.1. The van der Waals surface area contributed by atoms with E-state index in [0.717, 1.165) is 23.1 Å². The van der Waals surface area contributed by atoms with Crippen LogP contribution in [-0.2, 0) is 19.6 Å². The smallest absolute Gasteiger partial charge is 0.323 e. The number of hydrogen-bond acceptors (Lipinski definition) is 8. The molecule has 0 spiro atoms. The van der Waals surface area contributed by atoms with Crippen LogP contribution in [0.3, 0.4) is 0 Å². The Morgan fingerprint density at radius 2 is 1.68 bits per heavy atom. The second kappa shape index (κ2) is 11.2. The lowest BCUT2D eigenvalue weighted by atomic mass is 9.71. The highest BCUT2D eigenvalue weighted by Crippen LogP contribution is 2.50. The Hall–Kier alpha value is -2.66. The molecule has 2 N–H and O–H groups in total. The zero-order valence-electron chi connectivity index (χ0n) is 24.9. The zero-order valence-corrected chi connectivity index (χ0v) is 25.7. The quantitative estimate of drug-likeness (QED) is 0.361. The Bertz CT molecular complexity index is 1420. The second-order valence-electron chi connectivity index (χ2n) is 12.5. The van der Waals surface area contributed by atoms with Crippen LogP contribution in [0.15, 0.2) is 35.2 Å². The molecule has 0 aromatic heterocycles. The Morgan fingerprint density at radius 1 is 1.02 bits per heavy atom. The van der Waals surface area contributed by atoms with Gasteiger partial charge in [0.2, 0.25) is 0 Å². The molecule has 2 saturated heterocycles. The first kappa shape index (κ1) is 29.8. The fourth-order valence-electron chi connectivity index (χ4n) is 7.16. The number of ether oxygens (including phenoxy) is 3. The van der Waals surface area contributed by atoms with Crippen molar-refractivity contribution in [2.75, 3.05) is 27.3 Å². The van der Waals surface area contributed by atoms with E-state index in [9.17, 15) is 17.8 Å². The molecule has 9 nitrogen and oxygen atoms in total. The summed E-state index contributed by atoms with van der Waals surface area (Å²) in [5.41, 5.74) is 3.31. The summed E-state index contributed by atoms with van der Waals surface area (Å²) in [7, 11) is -1.30. The summed E-state index contributed by atoms with van der Waals surface area (Å²) in [6, 6.07) is 8.18. The van der Waals surface area contributed by atoms with Gasteiger partial charge >= 0.3 is 5.97 Å². The van der Waals surface area contributed by atoms with Crippen LogP contribution in [0.4, 0.5) is 0 Å².